The Morgan fingerprint density at radius 3 is 1.43 bits per heavy atom. The van der Waals surface area contributed by atoms with Crippen molar-refractivity contribution in [1.29, 1.82) is 0 Å². The summed E-state index contributed by atoms with van der Waals surface area (Å²) >= 11 is 0. The number of benzene rings is 3. The average molecular weight is 371 g/mol. The second-order valence-corrected chi connectivity index (χ2v) is 9.99. The molecule has 1 atom stereocenters. The van der Waals surface area contributed by atoms with Gasteiger partial charge in [-0.1, -0.05) is 120 Å². The zero-order valence-electron chi connectivity index (χ0n) is 18.3. The highest BCUT2D eigenvalue weighted by Crippen LogP contribution is 2.31. The van der Waals surface area contributed by atoms with Crippen LogP contribution in [-0.2, 0) is 17.3 Å². The third-order valence-electron chi connectivity index (χ3n) is 5.64. The van der Waals surface area contributed by atoms with Crippen LogP contribution >= 0.6 is 0 Å². The maximum atomic E-state index is 2.32. The Bertz CT molecular complexity index is 870. The lowest BCUT2D eigenvalue weighted by atomic mass is 9.81. The van der Waals surface area contributed by atoms with Gasteiger partial charge in [0.05, 0.1) is 0 Å². The van der Waals surface area contributed by atoms with Crippen LogP contribution in [0.25, 0.3) is 0 Å². The van der Waals surface area contributed by atoms with Crippen molar-refractivity contribution < 1.29 is 0 Å². The molecule has 146 valence electrons. The van der Waals surface area contributed by atoms with Gasteiger partial charge in [0, 0.05) is 5.92 Å². The van der Waals surface area contributed by atoms with Gasteiger partial charge < -0.3 is 0 Å². The molecule has 0 heterocycles. The molecule has 1 unspecified atom stereocenters. The van der Waals surface area contributed by atoms with Crippen molar-refractivity contribution in [3.63, 3.8) is 0 Å². The van der Waals surface area contributed by atoms with E-state index in [1.54, 1.807) is 0 Å². The first-order valence-electron chi connectivity index (χ1n) is 10.4. The van der Waals surface area contributed by atoms with Crippen molar-refractivity contribution in [2.45, 2.75) is 64.7 Å². The summed E-state index contributed by atoms with van der Waals surface area (Å²) in [5.74, 6) is 0.371. The minimum atomic E-state index is 0.184. The molecule has 0 fully saturated rings. The van der Waals surface area contributed by atoms with Crippen molar-refractivity contribution in [2.24, 2.45) is 0 Å². The van der Waals surface area contributed by atoms with Crippen LogP contribution in [0.15, 0.2) is 78.9 Å². The molecule has 0 N–H and O–H groups in total. The quantitative estimate of drug-likeness (QED) is 0.442. The molecule has 0 spiro atoms. The number of rotatable bonds is 4. The maximum absolute atomic E-state index is 2.32. The maximum Gasteiger partial charge on any atom is 0.0130 e. The summed E-state index contributed by atoms with van der Waals surface area (Å²) < 4.78 is 0. The molecule has 3 aromatic rings. The van der Waals surface area contributed by atoms with E-state index in [1.807, 2.05) is 0 Å². The van der Waals surface area contributed by atoms with Gasteiger partial charge in [0.2, 0.25) is 0 Å². The van der Waals surface area contributed by atoms with Crippen LogP contribution in [0.2, 0.25) is 0 Å². The van der Waals surface area contributed by atoms with Gasteiger partial charge >= 0.3 is 0 Å². The minimum Gasteiger partial charge on any atom is -0.0622 e. The predicted octanol–water partition coefficient (Wildman–Crippen LogP) is 7.66. The zero-order valence-corrected chi connectivity index (χ0v) is 18.3. The van der Waals surface area contributed by atoms with Crippen LogP contribution in [0.1, 0.15) is 75.3 Å². The monoisotopic (exact) mass is 370 g/mol. The van der Waals surface area contributed by atoms with E-state index in [9.17, 15) is 0 Å². The topological polar surface area (TPSA) is 0 Å². The number of hydrogen-bond acceptors (Lipinski definition) is 0. The molecule has 0 aromatic heterocycles. The largest absolute Gasteiger partial charge is 0.0622 e. The fraction of sp³-hybridized carbons (Fsp3) is 0.357. The smallest absolute Gasteiger partial charge is 0.0130 e. The normalized spacial score (nSPS) is 13.4. The Balaban J connectivity index is 1.92. The van der Waals surface area contributed by atoms with Crippen molar-refractivity contribution in [3.8, 4) is 0 Å². The van der Waals surface area contributed by atoms with Gasteiger partial charge in [-0.2, -0.15) is 0 Å². The molecule has 0 radical (unpaired) electrons. The molecule has 0 amide bonds. The third kappa shape index (κ3) is 4.93. The summed E-state index contributed by atoms with van der Waals surface area (Å²) in [7, 11) is 0. The fourth-order valence-electron chi connectivity index (χ4n) is 3.71. The second kappa shape index (κ2) is 7.95. The van der Waals surface area contributed by atoms with Crippen molar-refractivity contribution >= 4 is 0 Å². The average Bonchev–Trinajstić information content (AvgIpc) is 2.66. The molecule has 0 saturated heterocycles. The molecule has 28 heavy (non-hydrogen) atoms. The lowest BCUT2D eigenvalue weighted by Gasteiger charge is -2.23. The van der Waals surface area contributed by atoms with E-state index in [-0.39, 0.29) is 10.8 Å². The van der Waals surface area contributed by atoms with E-state index < -0.39 is 0 Å². The van der Waals surface area contributed by atoms with Gasteiger partial charge in [0.1, 0.15) is 0 Å². The first kappa shape index (κ1) is 20.4. The Kier molecular flexibility index (Phi) is 5.79. The van der Waals surface area contributed by atoms with Gasteiger partial charge in [-0.15, -0.1) is 0 Å². The van der Waals surface area contributed by atoms with Crippen LogP contribution in [0, 0.1) is 0 Å². The SMILES string of the molecule is CC(C)(C)c1ccc(CC(c2ccccc2)c2ccc(C(C)(C)C)cc2)cc1. The third-order valence-corrected chi connectivity index (χ3v) is 5.64. The van der Waals surface area contributed by atoms with Gasteiger partial charge in [-0.3, -0.25) is 0 Å². The van der Waals surface area contributed by atoms with E-state index >= 15 is 0 Å². The molecular formula is C28H34. The molecular weight excluding hydrogens is 336 g/mol. The summed E-state index contributed by atoms with van der Waals surface area (Å²) in [6.07, 6.45) is 1.02. The molecule has 0 aliphatic carbocycles. The Morgan fingerprint density at radius 2 is 0.964 bits per heavy atom. The molecule has 0 heteroatoms. The second-order valence-electron chi connectivity index (χ2n) is 9.99. The molecule has 0 aliphatic heterocycles. The predicted molar refractivity (Wildman–Crippen MR) is 122 cm³/mol. The van der Waals surface area contributed by atoms with Gasteiger partial charge in [0.15, 0.2) is 0 Å². The molecule has 3 aromatic carbocycles. The summed E-state index contributed by atoms with van der Waals surface area (Å²) in [4.78, 5) is 0. The zero-order chi connectivity index (χ0) is 20.4. The van der Waals surface area contributed by atoms with Crippen molar-refractivity contribution in [3.05, 3.63) is 107 Å². The van der Waals surface area contributed by atoms with E-state index in [4.69, 9.17) is 0 Å². The van der Waals surface area contributed by atoms with Gasteiger partial charge in [0.25, 0.3) is 0 Å². The Labute approximate surface area is 171 Å². The fourth-order valence-corrected chi connectivity index (χ4v) is 3.71. The summed E-state index contributed by atoms with van der Waals surface area (Å²) in [6, 6.07) is 29.3. The Hall–Kier alpha value is -2.34. The van der Waals surface area contributed by atoms with Crippen LogP contribution in [0.5, 0.6) is 0 Å². The number of hydrogen-bond donors (Lipinski definition) is 0. The van der Waals surface area contributed by atoms with Gasteiger partial charge in [-0.05, 0) is 45.1 Å². The first-order valence-corrected chi connectivity index (χ1v) is 10.4. The highest BCUT2D eigenvalue weighted by molar-refractivity contribution is 5.38. The molecule has 0 aliphatic rings. The van der Waals surface area contributed by atoms with Crippen LogP contribution in [0.3, 0.4) is 0 Å². The van der Waals surface area contributed by atoms with E-state index in [2.05, 4.69) is 120 Å². The van der Waals surface area contributed by atoms with E-state index in [1.165, 1.54) is 27.8 Å². The van der Waals surface area contributed by atoms with Gasteiger partial charge in [-0.25, -0.2) is 0 Å². The molecule has 3 rings (SSSR count). The summed E-state index contributed by atoms with van der Waals surface area (Å²) in [5.41, 5.74) is 7.32. The standard InChI is InChI=1S/C28H34/c1-27(2,3)24-16-12-21(13-17-24)20-26(22-10-8-7-9-11-22)23-14-18-25(19-15-23)28(4,5)6/h7-19,26H,20H2,1-6H3. The van der Waals surface area contributed by atoms with E-state index in [0.717, 1.165) is 6.42 Å². The van der Waals surface area contributed by atoms with Crippen LogP contribution in [-0.4, -0.2) is 0 Å². The summed E-state index contributed by atoms with van der Waals surface area (Å²) in [5, 5.41) is 0. The van der Waals surface area contributed by atoms with Crippen molar-refractivity contribution in [2.75, 3.05) is 0 Å². The molecule has 0 saturated carbocycles. The lowest BCUT2D eigenvalue weighted by molar-refractivity contribution is 0.589. The highest BCUT2D eigenvalue weighted by Gasteiger charge is 2.18. The van der Waals surface area contributed by atoms with Crippen LogP contribution < -0.4 is 0 Å². The Morgan fingerprint density at radius 1 is 0.536 bits per heavy atom. The first-order chi connectivity index (χ1) is 13.1. The summed E-state index contributed by atoms with van der Waals surface area (Å²) in [6.45, 7) is 13.6. The van der Waals surface area contributed by atoms with E-state index in [0.29, 0.717) is 5.92 Å². The molecule has 0 nitrogen and oxygen atoms in total. The van der Waals surface area contributed by atoms with Crippen molar-refractivity contribution in [1.82, 2.24) is 0 Å². The lowest BCUT2D eigenvalue weighted by Crippen LogP contribution is -2.12. The molecule has 0 bridgehead atoms. The van der Waals surface area contributed by atoms with Crippen LogP contribution in [0.4, 0.5) is 0 Å². The minimum absolute atomic E-state index is 0.184. The highest BCUT2D eigenvalue weighted by atomic mass is 14.2.